The molecule has 0 spiro atoms. The maximum absolute atomic E-state index is 12.8. The summed E-state index contributed by atoms with van der Waals surface area (Å²) >= 11 is 0. The fourth-order valence-electron chi connectivity index (χ4n) is 8.02. The van der Waals surface area contributed by atoms with Gasteiger partial charge in [0.15, 0.2) is 6.10 Å². The van der Waals surface area contributed by atoms with Crippen LogP contribution in [0.1, 0.15) is 284 Å². The lowest BCUT2D eigenvalue weighted by molar-refractivity contribution is -0.167. The molecule has 0 radical (unpaired) electrons. The number of allylic oxidation sites excluding steroid dienone is 10. The lowest BCUT2D eigenvalue weighted by Crippen LogP contribution is -2.30. The van der Waals surface area contributed by atoms with Gasteiger partial charge in [-0.2, -0.15) is 0 Å². The molecule has 0 aliphatic carbocycles. The molecule has 0 N–H and O–H groups in total. The van der Waals surface area contributed by atoms with E-state index in [1.54, 1.807) is 0 Å². The zero-order chi connectivity index (χ0) is 47.9. The molecule has 0 saturated heterocycles. The van der Waals surface area contributed by atoms with E-state index in [0.717, 1.165) is 96.3 Å². The van der Waals surface area contributed by atoms with Crippen LogP contribution >= 0.6 is 0 Å². The fraction of sp³-hybridized carbons (Fsp3) is 0.783. The molecule has 0 rings (SSSR count). The molecule has 0 amide bonds. The first kappa shape index (κ1) is 63.1. The monoisotopic (exact) mass is 923 g/mol. The molecule has 382 valence electrons. The predicted molar refractivity (Wildman–Crippen MR) is 284 cm³/mol. The van der Waals surface area contributed by atoms with E-state index >= 15 is 0 Å². The Bertz CT molecular complexity index is 1200. The Labute approximate surface area is 409 Å². The minimum atomic E-state index is -0.775. The lowest BCUT2D eigenvalue weighted by atomic mass is 10.0. The van der Waals surface area contributed by atoms with Crippen LogP contribution in [0.4, 0.5) is 0 Å². The highest BCUT2D eigenvalue weighted by atomic mass is 16.6. The van der Waals surface area contributed by atoms with Crippen molar-refractivity contribution in [2.45, 2.75) is 290 Å². The third-order valence-corrected chi connectivity index (χ3v) is 12.3. The van der Waals surface area contributed by atoms with Crippen molar-refractivity contribution >= 4 is 17.9 Å². The Morgan fingerprint density at radius 3 is 0.970 bits per heavy atom. The van der Waals surface area contributed by atoms with Gasteiger partial charge in [-0.15, -0.1) is 0 Å². The van der Waals surface area contributed by atoms with E-state index in [2.05, 4.69) is 81.5 Å². The molecule has 6 nitrogen and oxygen atoms in total. The average molecular weight is 924 g/mol. The van der Waals surface area contributed by atoms with Gasteiger partial charge in [-0.3, -0.25) is 14.4 Å². The lowest BCUT2D eigenvalue weighted by Gasteiger charge is -2.18. The van der Waals surface area contributed by atoms with Crippen LogP contribution in [0.5, 0.6) is 0 Å². The molecule has 0 aliphatic heterocycles. The summed E-state index contributed by atoms with van der Waals surface area (Å²) in [6, 6.07) is 0. The third-order valence-electron chi connectivity index (χ3n) is 12.3. The van der Waals surface area contributed by atoms with Gasteiger partial charge in [0.2, 0.25) is 0 Å². The first-order valence-corrected chi connectivity index (χ1v) is 28.3. The van der Waals surface area contributed by atoms with Crippen molar-refractivity contribution in [3.8, 4) is 0 Å². The Morgan fingerprint density at radius 1 is 0.318 bits per heavy atom. The number of hydrogen-bond donors (Lipinski definition) is 0. The van der Waals surface area contributed by atoms with Crippen molar-refractivity contribution in [3.05, 3.63) is 60.8 Å². The summed E-state index contributed by atoms with van der Waals surface area (Å²) in [6.45, 7) is 6.51. The Hall–Kier alpha value is -2.89. The molecule has 0 fully saturated rings. The van der Waals surface area contributed by atoms with E-state index < -0.39 is 6.10 Å². The van der Waals surface area contributed by atoms with Gasteiger partial charge in [0.25, 0.3) is 0 Å². The molecule has 1 atom stereocenters. The van der Waals surface area contributed by atoms with Crippen molar-refractivity contribution < 1.29 is 28.6 Å². The summed E-state index contributed by atoms with van der Waals surface area (Å²) in [6.07, 6.45) is 67.9. The SMILES string of the molecule is CC/C=C\C/C=C\C/C=C\C/C=C\CCCCCCCCCCCCCCC(=O)OCC(COC(=O)CCCCCCCCCCCCC)OC(=O)CCCCCCC/C=C\CCCCC. The first-order valence-electron chi connectivity index (χ1n) is 28.3. The van der Waals surface area contributed by atoms with Crippen LogP contribution in [0.3, 0.4) is 0 Å². The minimum Gasteiger partial charge on any atom is -0.462 e. The van der Waals surface area contributed by atoms with Gasteiger partial charge in [-0.25, -0.2) is 0 Å². The number of unbranched alkanes of at least 4 members (excludes halogenated alkanes) is 30. The van der Waals surface area contributed by atoms with Gasteiger partial charge in [-0.1, -0.05) is 242 Å². The van der Waals surface area contributed by atoms with Gasteiger partial charge in [0.05, 0.1) is 0 Å². The van der Waals surface area contributed by atoms with Crippen molar-refractivity contribution in [3.63, 3.8) is 0 Å². The molecule has 0 heterocycles. The summed E-state index contributed by atoms with van der Waals surface area (Å²) in [5.74, 6) is -0.878. The van der Waals surface area contributed by atoms with Gasteiger partial charge >= 0.3 is 17.9 Å². The molecule has 0 aromatic carbocycles. The minimum absolute atomic E-state index is 0.0749. The van der Waals surface area contributed by atoms with Crippen molar-refractivity contribution in [1.29, 1.82) is 0 Å². The molecule has 1 unspecified atom stereocenters. The summed E-state index contributed by atoms with van der Waals surface area (Å²) < 4.78 is 16.8. The number of ether oxygens (including phenoxy) is 3. The van der Waals surface area contributed by atoms with Crippen LogP contribution in [0.2, 0.25) is 0 Å². The van der Waals surface area contributed by atoms with Crippen LogP contribution < -0.4 is 0 Å². The Balaban J connectivity index is 4.21. The predicted octanol–water partition coefficient (Wildman–Crippen LogP) is 18.8. The summed E-state index contributed by atoms with van der Waals surface area (Å²) in [7, 11) is 0. The topological polar surface area (TPSA) is 78.9 Å². The number of carbonyl (C=O) groups is 3. The molecule has 0 bridgehead atoms. The van der Waals surface area contributed by atoms with E-state index in [4.69, 9.17) is 14.2 Å². The van der Waals surface area contributed by atoms with Crippen LogP contribution in [0.15, 0.2) is 60.8 Å². The van der Waals surface area contributed by atoms with Crippen LogP contribution in [0, 0.1) is 0 Å². The van der Waals surface area contributed by atoms with Gasteiger partial charge in [-0.05, 0) is 83.5 Å². The van der Waals surface area contributed by atoms with E-state index in [-0.39, 0.29) is 31.1 Å². The third kappa shape index (κ3) is 52.1. The average Bonchev–Trinajstić information content (AvgIpc) is 3.31. The zero-order valence-electron chi connectivity index (χ0n) is 43.7. The Kier molecular flexibility index (Phi) is 52.3. The zero-order valence-corrected chi connectivity index (χ0v) is 43.7. The normalized spacial score (nSPS) is 12.5. The maximum atomic E-state index is 12.8. The standard InChI is InChI=1S/C60H106O6/c1-4-7-10-13-16-19-22-24-25-26-27-28-29-30-31-32-33-34-35-36-39-41-44-47-50-53-59(62)65-56-57(55-64-58(61)52-49-46-43-40-37-21-18-15-12-9-6-3)66-60(63)54-51-48-45-42-38-23-20-17-14-11-8-5-2/h7,10,16-17,19-20,24-25,27-28,57H,4-6,8-9,11-15,18,21-23,26,29-56H2,1-3H3/b10-7-,19-16-,20-17-,25-24-,28-27-. The second-order valence-electron chi connectivity index (χ2n) is 18.8. The van der Waals surface area contributed by atoms with E-state index in [1.807, 2.05) is 0 Å². The quantitative estimate of drug-likeness (QED) is 0.0262. The summed E-state index contributed by atoms with van der Waals surface area (Å²) in [4.78, 5) is 38.0. The highest BCUT2D eigenvalue weighted by Crippen LogP contribution is 2.16. The molecule has 6 heteroatoms. The molecule has 0 saturated carbocycles. The largest absolute Gasteiger partial charge is 0.462 e. The summed E-state index contributed by atoms with van der Waals surface area (Å²) in [5, 5.41) is 0. The highest BCUT2D eigenvalue weighted by Gasteiger charge is 2.19. The molecule has 66 heavy (non-hydrogen) atoms. The van der Waals surface area contributed by atoms with Crippen molar-refractivity contribution in [2.24, 2.45) is 0 Å². The van der Waals surface area contributed by atoms with Gasteiger partial charge in [0, 0.05) is 19.3 Å². The fourth-order valence-corrected chi connectivity index (χ4v) is 8.02. The molecule has 0 aliphatic rings. The van der Waals surface area contributed by atoms with Crippen LogP contribution in [0.25, 0.3) is 0 Å². The Morgan fingerprint density at radius 2 is 0.591 bits per heavy atom. The van der Waals surface area contributed by atoms with E-state index in [1.165, 1.54) is 148 Å². The molecular formula is C60H106O6. The van der Waals surface area contributed by atoms with Gasteiger partial charge in [0.1, 0.15) is 13.2 Å². The van der Waals surface area contributed by atoms with Crippen LogP contribution in [-0.2, 0) is 28.6 Å². The number of carbonyl (C=O) groups excluding carboxylic acids is 3. The summed E-state index contributed by atoms with van der Waals surface area (Å²) in [5.41, 5.74) is 0. The number of hydrogen-bond acceptors (Lipinski definition) is 6. The molecule has 0 aromatic rings. The highest BCUT2D eigenvalue weighted by molar-refractivity contribution is 5.71. The van der Waals surface area contributed by atoms with Crippen molar-refractivity contribution in [1.82, 2.24) is 0 Å². The first-order chi connectivity index (χ1) is 32.5. The molecule has 0 aromatic heterocycles. The van der Waals surface area contributed by atoms with E-state index in [0.29, 0.717) is 19.3 Å². The second kappa shape index (κ2) is 54.7. The second-order valence-corrected chi connectivity index (χ2v) is 18.8. The molecular weight excluding hydrogens is 817 g/mol. The van der Waals surface area contributed by atoms with Crippen LogP contribution in [-0.4, -0.2) is 37.2 Å². The van der Waals surface area contributed by atoms with Gasteiger partial charge < -0.3 is 14.2 Å². The van der Waals surface area contributed by atoms with E-state index in [9.17, 15) is 14.4 Å². The number of rotatable bonds is 51. The van der Waals surface area contributed by atoms with Crippen molar-refractivity contribution in [2.75, 3.05) is 13.2 Å². The maximum Gasteiger partial charge on any atom is 0.306 e. The number of esters is 3. The smallest absolute Gasteiger partial charge is 0.306 e.